The summed E-state index contributed by atoms with van der Waals surface area (Å²) in [4.78, 5) is 27.0. The molecule has 3 rings (SSSR count). The highest BCUT2D eigenvalue weighted by Gasteiger charge is 2.30. The van der Waals surface area contributed by atoms with E-state index in [-0.39, 0.29) is 30.4 Å². The number of carbonyl (C=O) groups excluding carboxylic acids is 2. The molecular weight excluding hydrogens is 316 g/mol. The van der Waals surface area contributed by atoms with Gasteiger partial charge in [-0.15, -0.1) is 0 Å². The van der Waals surface area contributed by atoms with Crippen LogP contribution in [-0.2, 0) is 4.79 Å². The number of hydrogen-bond acceptors (Lipinski definition) is 3. The van der Waals surface area contributed by atoms with Crippen molar-refractivity contribution >= 4 is 11.8 Å². The summed E-state index contributed by atoms with van der Waals surface area (Å²) in [5.41, 5.74) is 0.686. The van der Waals surface area contributed by atoms with Gasteiger partial charge in [-0.25, -0.2) is 0 Å². The van der Waals surface area contributed by atoms with Crippen molar-refractivity contribution in [3.63, 3.8) is 0 Å². The summed E-state index contributed by atoms with van der Waals surface area (Å²) in [6.07, 6.45) is 5.55. The molecule has 1 atom stereocenters. The van der Waals surface area contributed by atoms with Gasteiger partial charge in [-0.05, 0) is 56.6 Å². The van der Waals surface area contributed by atoms with Crippen molar-refractivity contribution in [1.29, 1.82) is 0 Å². The Labute approximate surface area is 149 Å². The summed E-state index contributed by atoms with van der Waals surface area (Å²) >= 11 is 0. The molecule has 2 amide bonds. The number of rotatable bonds is 4. The average Bonchev–Trinajstić information content (AvgIpc) is 2.68. The highest BCUT2D eigenvalue weighted by atomic mass is 16.3. The second-order valence-electron chi connectivity index (χ2n) is 7.37. The quantitative estimate of drug-likeness (QED) is 0.880. The van der Waals surface area contributed by atoms with Gasteiger partial charge >= 0.3 is 0 Å². The van der Waals surface area contributed by atoms with E-state index in [1.165, 1.54) is 0 Å². The normalized spacial score (nSPS) is 26.9. The molecule has 1 unspecified atom stereocenters. The van der Waals surface area contributed by atoms with Crippen LogP contribution >= 0.6 is 0 Å². The molecule has 2 aliphatic rings. The standard InChI is InChI=1S/C20H28N2O3/c23-14-15-8-10-18(11-9-15)21-19(24)17-7-4-12-22(13-17)20(25)16-5-2-1-3-6-16/h1-3,5-6,15,17-18,23H,4,7-14H2,(H,21,24). The number of amides is 2. The maximum atomic E-state index is 12.6. The molecule has 2 fully saturated rings. The van der Waals surface area contributed by atoms with Gasteiger partial charge in [0.05, 0.1) is 5.92 Å². The molecule has 1 saturated carbocycles. The molecule has 2 N–H and O–H groups in total. The van der Waals surface area contributed by atoms with Crippen LogP contribution in [-0.4, -0.2) is 47.6 Å². The molecule has 1 aromatic rings. The predicted molar refractivity (Wildman–Crippen MR) is 96.0 cm³/mol. The SMILES string of the molecule is O=C(NC1CCC(CO)CC1)C1CCCN(C(=O)c2ccccc2)C1. The molecule has 0 aromatic heterocycles. The molecule has 1 aromatic carbocycles. The van der Waals surface area contributed by atoms with Crippen molar-refractivity contribution in [2.24, 2.45) is 11.8 Å². The zero-order valence-corrected chi connectivity index (χ0v) is 14.7. The van der Waals surface area contributed by atoms with Crippen molar-refractivity contribution < 1.29 is 14.7 Å². The molecule has 25 heavy (non-hydrogen) atoms. The summed E-state index contributed by atoms with van der Waals surface area (Å²) < 4.78 is 0. The van der Waals surface area contributed by atoms with E-state index in [9.17, 15) is 14.7 Å². The van der Waals surface area contributed by atoms with E-state index < -0.39 is 0 Å². The van der Waals surface area contributed by atoms with Gasteiger partial charge in [0.25, 0.3) is 5.91 Å². The van der Waals surface area contributed by atoms with Crippen LogP contribution < -0.4 is 5.32 Å². The molecular formula is C20H28N2O3. The lowest BCUT2D eigenvalue weighted by molar-refractivity contribution is -0.127. The first-order valence-electron chi connectivity index (χ1n) is 9.43. The highest BCUT2D eigenvalue weighted by Crippen LogP contribution is 2.25. The highest BCUT2D eigenvalue weighted by molar-refractivity contribution is 5.94. The fraction of sp³-hybridized carbons (Fsp3) is 0.600. The van der Waals surface area contributed by atoms with Crippen LogP contribution in [0.15, 0.2) is 30.3 Å². The summed E-state index contributed by atoms with van der Waals surface area (Å²) in [5.74, 6) is 0.373. The van der Waals surface area contributed by atoms with Gasteiger partial charge in [0.15, 0.2) is 0 Å². The van der Waals surface area contributed by atoms with E-state index >= 15 is 0 Å². The molecule has 5 heteroatoms. The van der Waals surface area contributed by atoms with Crippen LogP contribution in [0.25, 0.3) is 0 Å². The second kappa shape index (κ2) is 8.48. The maximum Gasteiger partial charge on any atom is 0.253 e. The fourth-order valence-corrected chi connectivity index (χ4v) is 3.95. The van der Waals surface area contributed by atoms with Crippen LogP contribution in [0.3, 0.4) is 0 Å². The van der Waals surface area contributed by atoms with Crippen LogP contribution in [0.1, 0.15) is 48.9 Å². The number of piperidine rings is 1. The van der Waals surface area contributed by atoms with Crippen molar-refractivity contribution in [3.05, 3.63) is 35.9 Å². The van der Waals surface area contributed by atoms with E-state index in [2.05, 4.69) is 5.32 Å². The Morgan fingerprint density at radius 1 is 1.08 bits per heavy atom. The first-order valence-corrected chi connectivity index (χ1v) is 9.43. The van der Waals surface area contributed by atoms with E-state index in [1.807, 2.05) is 35.2 Å². The minimum atomic E-state index is -0.114. The van der Waals surface area contributed by atoms with Gasteiger partial charge in [-0.2, -0.15) is 0 Å². The average molecular weight is 344 g/mol. The third kappa shape index (κ3) is 4.60. The van der Waals surface area contributed by atoms with Crippen LogP contribution in [0.4, 0.5) is 0 Å². The number of nitrogens with one attached hydrogen (secondary N) is 1. The summed E-state index contributed by atoms with van der Waals surface area (Å²) in [6, 6.07) is 9.50. The van der Waals surface area contributed by atoms with Crippen LogP contribution in [0.2, 0.25) is 0 Å². The Morgan fingerprint density at radius 2 is 1.80 bits per heavy atom. The molecule has 1 saturated heterocycles. The lowest BCUT2D eigenvalue weighted by Gasteiger charge is -2.34. The molecule has 1 aliphatic heterocycles. The lowest BCUT2D eigenvalue weighted by Crippen LogP contribution is -2.48. The molecule has 1 heterocycles. The number of likely N-dealkylation sites (tertiary alicyclic amines) is 1. The number of carbonyl (C=O) groups is 2. The Bertz CT molecular complexity index is 582. The molecule has 1 aliphatic carbocycles. The third-order valence-electron chi connectivity index (χ3n) is 5.55. The van der Waals surface area contributed by atoms with Crippen LogP contribution in [0, 0.1) is 11.8 Å². The van der Waals surface area contributed by atoms with Crippen molar-refractivity contribution in [2.75, 3.05) is 19.7 Å². The first-order chi connectivity index (χ1) is 12.2. The first kappa shape index (κ1) is 17.9. The fourth-order valence-electron chi connectivity index (χ4n) is 3.95. The van der Waals surface area contributed by atoms with Gasteiger partial charge in [0, 0.05) is 31.3 Å². The number of benzene rings is 1. The Kier molecular flexibility index (Phi) is 6.08. The summed E-state index contributed by atoms with van der Waals surface area (Å²) in [5, 5.41) is 12.4. The van der Waals surface area contributed by atoms with Crippen molar-refractivity contribution in [2.45, 2.75) is 44.6 Å². The Balaban J connectivity index is 1.52. The minimum Gasteiger partial charge on any atom is -0.396 e. The van der Waals surface area contributed by atoms with E-state index in [0.717, 1.165) is 45.1 Å². The number of hydrogen-bond donors (Lipinski definition) is 2. The zero-order chi connectivity index (χ0) is 17.6. The zero-order valence-electron chi connectivity index (χ0n) is 14.7. The van der Waals surface area contributed by atoms with Gasteiger partial charge in [-0.1, -0.05) is 18.2 Å². The summed E-state index contributed by atoms with van der Waals surface area (Å²) in [6.45, 7) is 1.48. The van der Waals surface area contributed by atoms with Gasteiger partial charge in [-0.3, -0.25) is 9.59 Å². The topological polar surface area (TPSA) is 69.6 Å². The van der Waals surface area contributed by atoms with Crippen molar-refractivity contribution in [3.8, 4) is 0 Å². The smallest absolute Gasteiger partial charge is 0.253 e. The molecule has 0 bridgehead atoms. The molecule has 136 valence electrons. The van der Waals surface area contributed by atoms with Crippen LogP contribution in [0.5, 0.6) is 0 Å². The number of nitrogens with zero attached hydrogens (tertiary/aromatic N) is 1. The molecule has 0 radical (unpaired) electrons. The van der Waals surface area contributed by atoms with Gasteiger partial charge in [0.2, 0.25) is 5.91 Å². The van der Waals surface area contributed by atoms with E-state index in [1.54, 1.807) is 0 Å². The maximum absolute atomic E-state index is 12.6. The van der Waals surface area contributed by atoms with Gasteiger partial charge < -0.3 is 15.3 Å². The van der Waals surface area contributed by atoms with E-state index in [0.29, 0.717) is 18.0 Å². The largest absolute Gasteiger partial charge is 0.396 e. The molecule has 0 spiro atoms. The Hall–Kier alpha value is -1.88. The summed E-state index contributed by atoms with van der Waals surface area (Å²) in [7, 11) is 0. The van der Waals surface area contributed by atoms with E-state index in [4.69, 9.17) is 0 Å². The predicted octanol–water partition coefficient (Wildman–Crippen LogP) is 2.21. The minimum absolute atomic E-state index is 0.0153. The van der Waals surface area contributed by atoms with Crippen molar-refractivity contribution in [1.82, 2.24) is 10.2 Å². The monoisotopic (exact) mass is 344 g/mol. The number of aliphatic hydroxyl groups excluding tert-OH is 1. The third-order valence-corrected chi connectivity index (χ3v) is 5.55. The van der Waals surface area contributed by atoms with Gasteiger partial charge in [0.1, 0.15) is 0 Å². The second-order valence-corrected chi connectivity index (χ2v) is 7.37. The number of aliphatic hydroxyl groups is 1. The molecule has 5 nitrogen and oxygen atoms in total. The lowest BCUT2D eigenvalue weighted by atomic mass is 9.86. The Morgan fingerprint density at radius 3 is 2.48 bits per heavy atom.